The van der Waals surface area contributed by atoms with E-state index in [1.165, 1.54) is 50.0 Å². The van der Waals surface area contributed by atoms with Crippen molar-refractivity contribution in [1.82, 2.24) is 0 Å². The Balaban J connectivity index is 1.63. The summed E-state index contributed by atoms with van der Waals surface area (Å²) >= 11 is 2.06. The lowest BCUT2D eigenvalue weighted by atomic mass is 9.81. The number of carboxylic acids is 1. The molecule has 1 aliphatic carbocycles. The van der Waals surface area contributed by atoms with Gasteiger partial charge in [0.05, 0.1) is 6.10 Å². The van der Waals surface area contributed by atoms with Gasteiger partial charge in [0.15, 0.2) is 0 Å². The molecule has 2 N–H and O–H groups in total. The number of aliphatic carboxylic acids is 1. The third kappa shape index (κ3) is 7.18. The number of hydrogen-bond acceptors (Lipinski definition) is 3. The number of allylic oxidation sites excluding steroid dienone is 2. The number of carbonyl (C=O) groups is 1. The fraction of sp³-hybridized carbons (Fsp3) is 0.850. The fourth-order valence-electron chi connectivity index (χ4n) is 4.12. The van der Waals surface area contributed by atoms with Crippen LogP contribution in [0.4, 0.5) is 0 Å². The number of aliphatic hydroxyl groups is 1. The molecule has 24 heavy (non-hydrogen) atoms. The van der Waals surface area contributed by atoms with Crippen LogP contribution in [0.15, 0.2) is 12.2 Å². The molecule has 2 rings (SSSR count). The molecule has 0 radical (unpaired) electrons. The maximum absolute atomic E-state index is 10.5. The van der Waals surface area contributed by atoms with Crippen molar-refractivity contribution in [3.63, 3.8) is 0 Å². The molecule has 0 aromatic rings. The molecule has 0 bridgehead atoms. The van der Waals surface area contributed by atoms with Crippen LogP contribution in [0.1, 0.15) is 70.6 Å². The van der Waals surface area contributed by atoms with Crippen molar-refractivity contribution >= 4 is 17.7 Å². The predicted octanol–water partition coefficient (Wildman–Crippen LogP) is 4.89. The van der Waals surface area contributed by atoms with Crippen LogP contribution < -0.4 is 0 Å². The van der Waals surface area contributed by atoms with Gasteiger partial charge in [0.1, 0.15) is 0 Å². The molecule has 0 aromatic carbocycles. The predicted molar refractivity (Wildman–Crippen MR) is 101 cm³/mol. The van der Waals surface area contributed by atoms with Crippen LogP contribution in [0.5, 0.6) is 0 Å². The van der Waals surface area contributed by atoms with Crippen LogP contribution >= 0.6 is 11.8 Å². The fourth-order valence-corrected chi connectivity index (χ4v) is 5.71. The summed E-state index contributed by atoms with van der Waals surface area (Å²) in [5, 5.41) is 19.1. The van der Waals surface area contributed by atoms with E-state index in [-0.39, 0.29) is 12.5 Å². The molecule has 0 amide bonds. The Hall–Kier alpha value is -0.480. The molecule has 3 atom stereocenters. The molecular weight excluding hydrogens is 320 g/mol. The second-order valence-corrected chi connectivity index (χ2v) is 8.67. The Morgan fingerprint density at radius 1 is 1.12 bits per heavy atom. The summed E-state index contributed by atoms with van der Waals surface area (Å²) < 4.78 is 0. The largest absolute Gasteiger partial charge is 0.481 e. The quantitative estimate of drug-likeness (QED) is 0.433. The van der Waals surface area contributed by atoms with Crippen molar-refractivity contribution < 1.29 is 15.0 Å². The van der Waals surface area contributed by atoms with E-state index < -0.39 is 5.97 Å². The van der Waals surface area contributed by atoms with E-state index in [2.05, 4.69) is 23.9 Å². The summed E-state index contributed by atoms with van der Waals surface area (Å²) in [5.41, 5.74) is 0. The summed E-state index contributed by atoms with van der Waals surface area (Å²) in [4.78, 5) is 10.5. The number of thioether (sulfide) groups is 1. The highest BCUT2D eigenvalue weighted by molar-refractivity contribution is 7.99. The van der Waals surface area contributed by atoms with Crippen molar-refractivity contribution in [3.8, 4) is 0 Å². The van der Waals surface area contributed by atoms with E-state index in [9.17, 15) is 9.90 Å². The van der Waals surface area contributed by atoms with Crippen LogP contribution in [-0.4, -0.2) is 33.8 Å². The Kier molecular flexibility index (Phi) is 9.26. The molecule has 0 aromatic heterocycles. The zero-order valence-corrected chi connectivity index (χ0v) is 15.7. The third-order valence-corrected chi connectivity index (χ3v) is 7.05. The van der Waals surface area contributed by atoms with Gasteiger partial charge in [-0.3, -0.25) is 4.79 Å². The molecule has 1 saturated carbocycles. The van der Waals surface area contributed by atoms with E-state index in [1.807, 2.05) is 0 Å². The molecule has 2 aliphatic rings. The number of hydrogen-bond donors (Lipinski definition) is 2. The summed E-state index contributed by atoms with van der Waals surface area (Å²) in [5.74, 6) is 3.83. The summed E-state index contributed by atoms with van der Waals surface area (Å²) in [6.07, 6.45) is 15.9. The lowest BCUT2D eigenvalue weighted by Crippen LogP contribution is -2.24. The zero-order chi connectivity index (χ0) is 17.2. The highest BCUT2D eigenvalue weighted by atomic mass is 32.2. The first kappa shape index (κ1) is 19.8. The summed E-state index contributed by atoms with van der Waals surface area (Å²) in [7, 11) is 0. The van der Waals surface area contributed by atoms with Crippen LogP contribution in [-0.2, 0) is 4.79 Å². The van der Waals surface area contributed by atoms with Gasteiger partial charge >= 0.3 is 5.97 Å². The van der Waals surface area contributed by atoms with Gasteiger partial charge in [-0.05, 0) is 74.2 Å². The normalized spacial score (nSPS) is 26.9. The van der Waals surface area contributed by atoms with Gasteiger partial charge in [-0.1, -0.05) is 31.4 Å². The Morgan fingerprint density at radius 2 is 1.88 bits per heavy atom. The van der Waals surface area contributed by atoms with E-state index in [4.69, 9.17) is 5.11 Å². The highest BCUT2D eigenvalue weighted by Gasteiger charge is 2.29. The number of aliphatic hydroxyl groups excluding tert-OH is 1. The monoisotopic (exact) mass is 354 g/mol. The van der Waals surface area contributed by atoms with Gasteiger partial charge in [-0.2, -0.15) is 11.8 Å². The van der Waals surface area contributed by atoms with Gasteiger partial charge < -0.3 is 10.2 Å². The average Bonchev–Trinajstić information content (AvgIpc) is 3.03. The van der Waals surface area contributed by atoms with Gasteiger partial charge in [-0.25, -0.2) is 0 Å². The summed E-state index contributed by atoms with van der Waals surface area (Å²) in [6, 6.07) is 0. The minimum absolute atomic E-state index is 0.0805. The molecule has 4 heteroatoms. The topological polar surface area (TPSA) is 57.5 Å². The molecule has 1 heterocycles. The van der Waals surface area contributed by atoms with E-state index in [1.54, 1.807) is 0 Å². The lowest BCUT2D eigenvalue weighted by molar-refractivity contribution is -0.137. The Morgan fingerprint density at radius 3 is 2.62 bits per heavy atom. The van der Waals surface area contributed by atoms with Crippen LogP contribution in [0.3, 0.4) is 0 Å². The molecule has 3 nitrogen and oxygen atoms in total. The SMILES string of the molecule is O=C(O)CCC/C=C\C[C@H]1CSC[C@@H]1CCC(O)C1CCCCC1. The smallest absolute Gasteiger partial charge is 0.303 e. The minimum Gasteiger partial charge on any atom is -0.481 e. The first-order valence-electron chi connectivity index (χ1n) is 9.79. The van der Waals surface area contributed by atoms with Gasteiger partial charge in [0.2, 0.25) is 0 Å². The molecular formula is C20H34O3S. The van der Waals surface area contributed by atoms with E-state index in [0.717, 1.165) is 37.5 Å². The molecule has 1 aliphatic heterocycles. The molecule has 1 unspecified atom stereocenters. The highest BCUT2D eigenvalue weighted by Crippen LogP contribution is 2.37. The third-order valence-electron chi connectivity index (χ3n) is 5.72. The van der Waals surface area contributed by atoms with Crippen LogP contribution in [0, 0.1) is 17.8 Å². The Bertz CT molecular complexity index is 390. The van der Waals surface area contributed by atoms with Crippen molar-refractivity contribution in [2.75, 3.05) is 11.5 Å². The average molecular weight is 355 g/mol. The molecule has 0 spiro atoms. The minimum atomic E-state index is -0.702. The summed E-state index contributed by atoms with van der Waals surface area (Å²) in [6.45, 7) is 0. The lowest BCUT2D eigenvalue weighted by Gasteiger charge is -2.28. The van der Waals surface area contributed by atoms with E-state index >= 15 is 0 Å². The maximum atomic E-state index is 10.5. The van der Waals surface area contributed by atoms with Gasteiger partial charge in [0, 0.05) is 6.42 Å². The number of carboxylic acid groups (broad SMARTS) is 1. The van der Waals surface area contributed by atoms with Crippen molar-refractivity contribution in [2.45, 2.75) is 76.7 Å². The first-order valence-corrected chi connectivity index (χ1v) is 10.9. The Labute approximate surface area is 151 Å². The molecule has 138 valence electrons. The number of unbranched alkanes of at least 4 members (excludes halogenated alkanes) is 1. The van der Waals surface area contributed by atoms with Crippen LogP contribution in [0.2, 0.25) is 0 Å². The van der Waals surface area contributed by atoms with Crippen molar-refractivity contribution in [1.29, 1.82) is 0 Å². The second kappa shape index (κ2) is 11.2. The molecule has 2 fully saturated rings. The van der Waals surface area contributed by atoms with Crippen LogP contribution in [0.25, 0.3) is 0 Å². The van der Waals surface area contributed by atoms with Gasteiger partial charge in [-0.15, -0.1) is 0 Å². The van der Waals surface area contributed by atoms with E-state index in [0.29, 0.717) is 5.92 Å². The second-order valence-electron chi connectivity index (χ2n) is 7.59. The maximum Gasteiger partial charge on any atom is 0.303 e. The van der Waals surface area contributed by atoms with Crippen molar-refractivity contribution in [3.05, 3.63) is 12.2 Å². The first-order chi connectivity index (χ1) is 11.7. The molecule has 1 saturated heterocycles. The number of rotatable bonds is 10. The van der Waals surface area contributed by atoms with Crippen molar-refractivity contribution in [2.24, 2.45) is 17.8 Å². The zero-order valence-electron chi connectivity index (χ0n) is 14.9. The van der Waals surface area contributed by atoms with Gasteiger partial charge in [0.25, 0.3) is 0 Å². The standard InChI is InChI=1S/C20H34O3S/c21-19(16-8-5-3-6-9-16)13-12-18-15-24-14-17(18)10-4-1-2-7-11-20(22)23/h1,4,16-19,21H,2-3,5-15H2,(H,22,23)/b4-1-/t17-,18-,19?/m0/s1.